The SMILES string of the molecule is COC1(CC(=O)Nc2cccc(CNC3CC3)c2)CCC1. The quantitative estimate of drug-likeness (QED) is 0.811. The van der Waals surface area contributed by atoms with Gasteiger partial charge in [0.2, 0.25) is 5.91 Å². The van der Waals surface area contributed by atoms with Gasteiger partial charge in [0.1, 0.15) is 0 Å². The molecular weight excluding hydrogens is 264 g/mol. The van der Waals surface area contributed by atoms with E-state index in [1.807, 2.05) is 18.2 Å². The zero-order valence-corrected chi connectivity index (χ0v) is 12.7. The standard InChI is InChI=1S/C17H24N2O2/c1-21-17(8-3-9-17)11-16(20)19-15-5-2-4-13(10-15)12-18-14-6-7-14/h2,4-5,10,14,18H,3,6-9,11-12H2,1H3,(H,19,20). The second-order valence-corrected chi connectivity index (χ2v) is 6.32. The summed E-state index contributed by atoms with van der Waals surface area (Å²) in [5, 5.41) is 6.48. The number of methoxy groups -OCH3 is 1. The molecular formula is C17H24N2O2. The first-order valence-corrected chi connectivity index (χ1v) is 7.86. The van der Waals surface area contributed by atoms with Crippen molar-refractivity contribution < 1.29 is 9.53 Å². The van der Waals surface area contributed by atoms with Crippen molar-refractivity contribution in [1.82, 2.24) is 5.32 Å². The number of hydrogen-bond donors (Lipinski definition) is 2. The van der Waals surface area contributed by atoms with Crippen LogP contribution in [0.2, 0.25) is 0 Å². The summed E-state index contributed by atoms with van der Waals surface area (Å²) < 4.78 is 5.51. The van der Waals surface area contributed by atoms with Crippen LogP contribution in [-0.4, -0.2) is 24.7 Å². The maximum absolute atomic E-state index is 12.2. The van der Waals surface area contributed by atoms with E-state index in [4.69, 9.17) is 4.74 Å². The predicted octanol–water partition coefficient (Wildman–Crippen LogP) is 2.84. The molecule has 0 unspecified atom stereocenters. The average Bonchev–Trinajstić information content (AvgIpc) is 3.25. The molecule has 0 spiro atoms. The molecule has 4 nitrogen and oxygen atoms in total. The molecule has 1 amide bonds. The van der Waals surface area contributed by atoms with Gasteiger partial charge in [-0.2, -0.15) is 0 Å². The smallest absolute Gasteiger partial charge is 0.227 e. The van der Waals surface area contributed by atoms with Crippen molar-refractivity contribution in [3.05, 3.63) is 29.8 Å². The van der Waals surface area contributed by atoms with Crippen molar-refractivity contribution in [2.45, 2.75) is 56.7 Å². The Hall–Kier alpha value is -1.39. The summed E-state index contributed by atoms with van der Waals surface area (Å²) in [5.74, 6) is 0.0452. The Kier molecular flexibility index (Phi) is 4.27. The van der Waals surface area contributed by atoms with Crippen LogP contribution < -0.4 is 10.6 Å². The number of rotatable bonds is 7. The van der Waals surface area contributed by atoms with E-state index in [0.29, 0.717) is 12.5 Å². The Morgan fingerprint density at radius 3 is 2.81 bits per heavy atom. The molecule has 0 atom stereocenters. The number of carbonyl (C=O) groups excluding carboxylic acids is 1. The molecule has 0 bridgehead atoms. The van der Waals surface area contributed by atoms with Gasteiger partial charge in [-0.25, -0.2) is 0 Å². The van der Waals surface area contributed by atoms with Crippen molar-refractivity contribution in [2.24, 2.45) is 0 Å². The molecule has 3 rings (SSSR count). The molecule has 21 heavy (non-hydrogen) atoms. The lowest BCUT2D eigenvalue weighted by atomic mass is 9.77. The summed E-state index contributed by atoms with van der Waals surface area (Å²) in [6.07, 6.45) is 6.16. The van der Waals surface area contributed by atoms with Crippen LogP contribution in [0.3, 0.4) is 0 Å². The second kappa shape index (κ2) is 6.16. The summed E-state index contributed by atoms with van der Waals surface area (Å²) in [5.41, 5.74) is 1.88. The Balaban J connectivity index is 1.53. The van der Waals surface area contributed by atoms with Gasteiger partial charge in [0, 0.05) is 25.4 Å². The number of ether oxygens (including phenoxy) is 1. The van der Waals surface area contributed by atoms with Crippen molar-refractivity contribution in [1.29, 1.82) is 0 Å². The van der Waals surface area contributed by atoms with E-state index < -0.39 is 0 Å². The maximum Gasteiger partial charge on any atom is 0.227 e. The van der Waals surface area contributed by atoms with E-state index in [0.717, 1.165) is 31.5 Å². The topological polar surface area (TPSA) is 50.4 Å². The maximum atomic E-state index is 12.2. The molecule has 0 radical (unpaired) electrons. The van der Waals surface area contributed by atoms with Crippen molar-refractivity contribution >= 4 is 11.6 Å². The van der Waals surface area contributed by atoms with Crippen LogP contribution >= 0.6 is 0 Å². The van der Waals surface area contributed by atoms with Gasteiger partial charge in [0.25, 0.3) is 0 Å². The monoisotopic (exact) mass is 288 g/mol. The average molecular weight is 288 g/mol. The normalized spacial score (nSPS) is 19.9. The Morgan fingerprint density at radius 1 is 1.38 bits per heavy atom. The third-order valence-corrected chi connectivity index (χ3v) is 4.56. The minimum Gasteiger partial charge on any atom is -0.378 e. The van der Waals surface area contributed by atoms with E-state index in [1.54, 1.807) is 7.11 Å². The fourth-order valence-electron chi connectivity index (χ4n) is 2.83. The van der Waals surface area contributed by atoms with Gasteiger partial charge in [-0.15, -0.1) is 0 Å². The van der Waals surface area contributed by atoms with Crippen LogP contribution in [0.4, 0.5) is 5.69 Å². The third-order valence-electron chi connectivity index (χ3n) is 4.56. The molecule has 0 aliphatic heterocycles. The number of carbonyl (C=O) groups is 1. The summed E-state index contributed by atoms with van der Waals surface area (Å²) >= 11 is 0. The number of amides is 1. The van der Waals surface area contributed by atoms with Crippen LogP contribution in [0.1, 0.15) is 44.1 Å². The highest BCUT2D eigenvalue weighted by molar-refractivity contribution is 5.91. The van der Waals surface area contributed by atoms with Crippen LogP contribution in [0.15, 0.2) is 24.3 Å². The van der Waals surface area contributed by atoms with Gasteiger partial charge < -0.3 is 15.4 Å². The summed E-state index contributed by atoms with van der Waals surface area (Å²) in [6.45, 7) is 0.871. The molecule has 2 saturated carbocycles. The van der Waals surface area contributed by atoms with Crippen molar-refractivity contribution in [3.8, 4) is 0 Å². The zero-order chi connectivity index (χ0) is 14.7. The van der Waals surface area contributed by atoms with Crippen LogP contribution in [0.25, 0.3) is 0 Å². The summed E-state index contributed by atoms with van der Waals surface area (Å²) in [7, 11) is 1.70. The van der Waals surface area contributed by atoms with E-state index in [-0.39, 0.29) is 11.5 Å². The fraction of sp³-hybridized carbons (Fsp3) is 0.588. The predicted molar refractivity (Wildman–Crippen MR) is 83.1 cm³/mol. The molecule has 4 heteroatoms. The first kappa shape index (κ1) is 14.5. The lowest BCUT2D eigenvalue weighted by molar-refractivity contribution is -0.129. The van der Waals surface area contributed by atoms with Gasteiger partial charge in [-0.1, -0.05) is 12.1 Å². The van der Waals surface area contributed by atoms with E-state index in [2.05, 4.69) is 16.7 Å². The number of hydrogen-bond acceptors (Lipinski definition) is 3. The fourth-order valence-corrected chi connectivity index (χ4v) is 2.83. The van der Waals surface area contributed by atoms with Gasteiger partial charge >= 0.3 is 0 Å². The molecule has 0 aromatic heterocycles. The van der Waals surface area contributed by atoms with Crippen LogP contribution in [0, 0.1) is 0 Å². The van der Waals surface area contributed by atoms with E-state index in [1.165, 1.54) is 18.4 Å². The molecule has 1 aromatic carbocycles. The van der Waals surface area contributed by atoms with Crippen LogP contribution in [0.5, 0.6) is 0 Å². The first-order valence-electron chi connectivity index (χ1n) is 7.86. The molecule has 2 fully saturated rings. The minimum atomic E-state index is -0.213. The molecule has 1 aromatic rings. The highest BCUT2D eigenvalue weighted by atomic mass is 16.5. The largest absolute Gasteiger partial charge is 0.378 e. The van der Waals surface area contributed by atoms with Crippen LogP contribution in [-0.2, 0) is 16.1 Å². The molecule has 2 aliphatic rings. The summed E-state index contributed by atoms with van der Waals surface area (Å²) in [6, 6.07) is 8.78. The number of nitrogens with one attached hydrogen (secondary N) is 2. The molecule has 0 heterocycles. The van der Waals surface area contributed by atoms with Gasteiger partial charge in [0.15, 0.2) is 0 Å². The van der Waals surface area contributed by atoms with Crippen molar-refractivity contribution in [3.63, 3.8) is 0 Å². The van der Waals surface area contributed by atoms with Gasteiger partial charge in [-0.3, -0.25) is 4.79 Å². The third kappa shape index (κ3) is 3.83. The van der Waals surface area contributed by atoms with Gasteiger partial charge in [0.05, 0.1) is 12.0 Å². The highest BCUT2D eigenvalue weighted by Gasteiger charge is 2.38. The lowest BCUT2D eigenvalue weighted by Crippen LogP contribution is -2.42. The molecule has 114 valence electrons. The van der Waals surface area contributed by atoms with E-state index >= 15 is 0 Å². The Morgan fingerprint density at radius 2 is 2.19 bits per heavy atom. The molecule has 2 aliphatic carbocycles. The van der Waals surface area contributed by atoms with E-state index in [9.17, 15) is 4.79 Å². The number of anilines is 1. The Bertz CT molecular complexity index is 502. The highest BCUT2D eigenvalue weighted by Crippen LogP contribution is 2.38. The first-order chi connectivity index (χ1) is 10.2. The minimum absolute atomic E-state index is 0.0452. The molecule has 0 saturated heterocycles. The molecule has 2 N–H and O–H groups in total. The lowest BCUT2D eigenvalue weighted by Gasteiger charge is -2.39. The zero-order valence-electron chi connectivity index (χ0n) is 12.7. The van der Waals surface area contributed by atoms with Gasteiger partial charge in [-0.05, 0) is 49.8 Å². The Labute approximate surface area is 126 Å². The summed E-state index contributed by atoms with van der Waals surface area (Å²) in [4.78, 5) is 12.2. The second-order valence-electron chi connectivity index (χ2n) is 6.32. The van der Waals surface area contributed by atoms with Crippen molar-refractivity contribution in [2.75, 3.05) is 12.4 Å². The number of benzene rings is 1.